The van der Waals surface area contributed by atoms with Crippen LogP contribution in [0.1, 0.15) is 11.1 Å². The molecule has 2 rings (SSSR count). The highest BCUT2D eigenvalue weighted by molar-refractivity contribution is 6.32. The van der Waals surface area contributed by atoms with E-state index in [0.29, 0.717) is 12.3 Å². The standard InChI is InChI=1S/C11H5ClF7N3O/c1-23-9-6(11(17,18)19)7(13)22(21-9)8-5(12)2-4(3-20-8)10(14,15)16/h2-3H,1H3. The molecule has 0 radical (unpaired) electrons. The van der Waals surface area contributed by atoms with E-state index in [1.807, 2.05) is 0 Å². The monoisotopic (exact) mass is 363 g/mol. The molecule has 0 saturated heterocycles. The van der Waals surface area contributed by atoms with Gasteiger partial charge in [-0.2, -0.15) is 35.4 Å². The van der Waals surface area contributed by atoms with E-state index in [9.17, 15) is 30.7 Å². The molecule has 2 aromatic heterocycles. The number of aromatic nitrogens is 3. The number of nitrogens with zero attached hydrogens (tertiary/aromatic N) is 3. The highest BCUT2D eigenvalue weighted by Crippen LogP contribution is 2.39. The van der Waals surface area contributed by atoms with Crippen LogP contribution in [0.25, 0.3) is 5.82 Å². The van der Waals surface area contributed by atoms with Crippen LogP contribution >= 0.6 is 11.6 Å². The lowest BCUT2D eigenvalue weighted by Crippen LogP contribution is -2.11. The molecule has 0 unspecified atom stereocenters. The van der Waals surface area contributed by atoms with Crippen molar-refractivity contribution in [2.75, 3.05) is 7.11 Å². The lowest BCUT2D eigenvalue weighted by atomic mass is 10.3. The van der Waals surface area contributed by atoms with Crippen molar-refractivity contribution in [3.63, 3.8) is 0 Å². The molecule has 0 spiro atoms. The first-order valence-electron chi connectivity index (χ1n) is 5.59. The number of alkyl halides is 6. The Balaban J connectivity index is 2.62. The zero-order valence-corrected chi connectivity index (χ0v) is 11.7. The van der Waals surface area contributed by atoms with Crippen LogP contribution in [0.15, 0.2) is 12.3 Å². The highest BCUT2D eigenvalue weighted by Gasteiger charge is 2.42. The minimum atomic E-state index is -5.13. The number of methoxy groups -OCH3 is 1. The summed E-state index contributed by atoms with van der Waals surface area (Å²) in [6.07, 6.45) is -9.61. The number of hydrogen-bond acceptors (Lipinski definition) is 3. The fourth-order valence-corrected chi connectivity index (χ4v) is 1.89. The molecule has 126 valence electrons. The fraction of sp³-hybridized carbons (Fsp3) is 0.273. The summed E-state index contributed by atoms with van der Waals surface area (Å²) < 4.78 is 94.1. The summed E-state index contributed by atoms with van der Waals surface area (Å²) in [6.45, 7) is 0. The summed E-state index contributed by atoms with van der Waals surface area (Å²) in [7, 11) is 0.823. The molecule has 0 saturated carbocycles. The minimum absolute atomic E-state index is 0.0180. The van der Waals surface area contributed by atoms with Gasteiger partial charge in [-0.1, -0.05) is 11.6 Å². The summed E-state index contributed by atoms with van der Waals surface area (Å²) in [5, 5.41) is 2.45. The van der Waals surface area contributed by atoms with Gasteiger partial charge in [0.2, 0.25) is 11.8 Å². The van der Waals surface area contributed by atoms with Gasteiger partial charge >= 0.3 is 12.4 Å². The van der Waals surface area contributed by atoms with Crippen LogP contribution in [0.2, 0.25) is 5.02 Å². The summed E-state index contributed by atoms with van der Waals surface area (Å²) in [6, 6.07) is 0.394. The summed E-state index contributed by atoms with van der Waals surface area (Å²) in [4.78, 5) is 3.23. The number of hydrogen-bond donors (Lipinski definition) is 0. The summed E-state index contributed by atoms with van der Waals surface area (Å²) >= 11 is 5.55. The van der Waals surface area contributed by atoms with Gasteiger partial charge in [0.25, 0.3) is 0 Å². The Morgan fingerprint density at radius 3 is 2.13 bits per heavy atom. The quantitative estimate of drug-likeness (QED) is 0.754. The summed E-state index contributed by atoms with van der Waals surface area (Å²) in [5.41, 5.74) is -3.07. The second-order valence-electron chi connectivity index (χ2n) is 4.11. The first kappa shape index (κ1) is 17.3. The Kier molecular flexibility index (Phi) is 4.18. The zero-order valence-electron chi connectivity index (χ0n) is 10.9. The number of ether oxygens (including phenoxy) is 1. The first-order chi connectivity index (χ1) is 10.5. The van der Waals surface area contributed by atoms with Crippen LogP contribution in [-0.4, -0.2) is 21.9 Å². The molecule has 0 fully saturated rings. The lowest BCUT2D eigenvalue weighted by molar-refractivity contribution is -0.141. The Bertz CT molecular complexity index is 738. The Hall–Kier alpha value is -2.04. The van der Waals surface area contributed by atoms with E-state index in [0.717, 1.165) is 7.11 Å². The molecule has 23 heavy (non-hydrogen) atoms. The van der Waals surface area contributed by atoms with Crippen LogP contribution in [0.3, 0.4) is 0 Å². The fourth-order valence-electron chi connectivity index (χ4n) is 1.64. The minimum Gasteiger partial charge on any atom is -0.479 e. The van der Waals surface area contributed by atoms with Crippen LogP contribution in [-0.2, 0) is 12.4 Å². The molecule has 0 aromatic carbocycles. The molecule has 0 N–H and O–H groups in total. The molecule has 0 amide bonds. The van der Waals surface area contributed by atoms with E-state index in [-0.39, 0.29) is 4.68 Å². The topological polar surface area (TPSA) is 39.9 Å². The molecule has 12 heteroatoms. The third-order valence-electron chi connectivity index (χ3n) is 2.62. The maximum absolute atomic E-state index is 14.0. The van der Waals surface area contributed by atoms with Gasteiger partial charge in [-0.15, -0.1) is 5.10 Å². The number of pyridine rings is 1. The van der Waals surface area contributed by atoms with Crippen molar-refractivity contribution >= 4 is 11.6 Å². The molecule has 0 bridgehead atoms. The Labute approximate surface area is 128 Å². The molecule has 0 aliphatic rings. The van der Waals surface area contributed by atoms with E-state index in [4.69, 9.17) is 11.6 Å². The second-order valence-corrected chi connectivity index (χ2v) is 4.52. The number of rotatable bonds is 2. The van der Waals surface area contributed by atoms with Gasteiger partial charge in [-0.05, 0) is 6.07 Å². The Morgan fingerprint density at radius 2 is 1.74 bits per heavy atom. The molecule has 0 aliphatic carbocycles. The first-order valence-corrected chi connectivity index (χ1v) is 5.97. The largest absolute Gasteiger partial charge is 0.479 e. The van der Waals surface area contributed by atoms with Gasteiger partial charge in [0.15, 0.2) is 11.4 Å². The average Bonchev–Trinajstić information content (AvgIpc) is 2.74. The van der Waals surface area contributed by atoms with E-state index < -0.39 is 46.1 Å². The zero-order chi connectivity index (χ0) is 17.6. The van der Waals surface area contributed by atoms with E-state index in [2.05, 4.69) is 14.8 Å². The summed E-state index contributed by atoms with van der Waals surface area (Å²) in [5.74, 6) is -3.76. The molecular weight excluding hydrogens is 359 g/mol. The van der Waals surface area contributed by atoms with Crippen molar-refractivity contribution in [2.45, 2.75) is 12.4 Å². The van der Waals surface area contributed by atoms with Crippen molar-refractivity contribution in [1.29, 1.82) is 0 Å². The molecule has 2 aromatic rings. The normalized spacial score (nSPS) is 12.6. The lowest BCUT2D eigenvalue weighted by Gasteiger charge is -2.09. The van der Waals surface area contributed by atoms with E-state index in [1.54, 1.807) is 0 Å². The molecule has 2 heterocycles. The van der Waals surface area contributed by atoms with E-state index in [1.165, 1.54) is 0 Å². The third kappa shape index (κ3) is 3.19. The van der Waals surface area contributed by atoms with Crippen LogP contribution < -0.4 is 4.74 Å². The van der Waals surface area contributed by atoms with Crippen LogP contribution in [0.5, 0.6) is 5.88 Å². The smallest absolute Gasteiger partial charge is 0.426 e. The van der Waals surface area contributed by atoms with Crippen molar-refractivity contribution < 1.29 is 35.5 Å². The van der Waals surface area contributed by atoms with Gasteiger partial charge in [-0.3, -0.25) is 0 Å². The predicted molar refractivity (Wildman–Crippen MR) is 62.9 cm³/mol. The van der Waals surface area contributed by atoms with Crippen LogP contribution in [0.4, 0.5) is 30.7 Å². The van der Waals surface area contributed by atoms with Gasteiger partial charge in [0, 0.05) is 6.20 Å². The maximum Gasteiger partial charge on any atom is 0.426 e. The van der Waals surface area contributed by atoms with Crippen molar-refractivity contribution in [3.05, 3.63) is 34.4 Å². The van der Waals surface area contributed by atoms with Gasteiger partial charge < -0.3 is 4.74 Å². The molecule has 0 atom stereocenters. The van der Waals surface area contributed by atoms with Crippen molar-refractivity contribution in [1.82, 2.24) is 14.8 Å². The van der Waals surface area contributed by atoms with Crippen LogP contribution in [0, 0.1) is 5.95 Å². The number of halogens is 8. The van der Waals surface area contributed by atoms with Crippen molar-refractivity contribution in [3.8, 4) is 11.7 Å². The average molecular weight is 364 g/mol. The SMILES string of the molecule is COc1nn(-c2ncc(C(F)(F)F)cc2Cl)c(F)c1C(F)(F)F. The molecular formula is C11H5ClF7N3O. The highest BCUT2D eigenvalue weighted by atomic mass is 35.5. The predicted octanol–water partition coefficient (Wildman–Crippen LogP) is 4.11. The van der Waals surface area contributed by atoms with Gasteiger partial charge in [-0.25, -0.2) is 4.98 Å². The maximum atomic E-state index is 14.0. The molecule has 0 aliphatic heterocycles. The van der Waals surface area contributed by atoms with Gasteiger partial charge in [0.05, 0.1) is 17.7 Å². The Morgan fingerprint density at radius 1 is 1.13 bits per heavy atom. The van der Waals surface area contributed by atoms with E-state index >= 15 is 0 Å². The third-order valence-corrected chi connectivity index (χ3v) is 2.90. The molecule has 4 nitrogen and oxygen atoms in total. The second kappa shape index (κ2) is 5.55. The van der Waals surface area contributed by atoms with Gasteiger partial charge in [0.1, 0.15) is 0 Å². The van der Waals surface area contributed by atoms with Crippen molar-refractivity contribution in [2.24, 2.45) is 0 Å².